The van der Waals surface area contributed by atoms with E-state index in [4.69, 9.17) is 11.6 Å². The van der Waals surface area contributed by atoms with Gasteiger partial charge in [0.25, 0.3) is 0 Å². The average Bonchev–Trinajstić information content (AvgIpc) is 2.58. The fourth-order valence-corrected chi connectivity index (χ4v) is 2.24. The van der Waals surface area contributed by atoms with E-state index in [1.54, 1.807) is 37.3 Å². The molecule has 2 aromatic carbocycles. The summed E-state index contributed by atoms with van der Waals surface area (Å²) in [4.78, 5) is 19.7. The molecular formula is C18H15ClN4O. The van der Waals surface area contributed by atoms with Crippen molar-refractivity contribution in [3.63, 3.8) is 0 Å². The minimum absolute atomic E-state index is 0.0398. The summed E-state index contributed by atoms with van der Waals surface area (Å²) < 4.78 is 0. The molecule has 0 aliphatic rings. The Labute approximate surface area is 144 Å². The third-order valence-electron chi connectivity index (χ3n) is 3.35. The summed E-state index contributed by atoms with van der Waals surface area (Å²) in [6.07, 6.45) is 1.48. The molecule has 5 nitrogen and oxygen atoms in total. The van der Waals surface area contributed by atoms with E-state index in [2.05, 4.69) is 20.6 Å². The average molecular weight is 339 g/mol. The van der Waals surface area contributed by atoms with Crippen molar-refractivity contribution in [2.45, 2.75) is 6.92 Å². The third-order valence-corrected chi connectivity index (χ3v) is 3.60. The SMILES string of the molecule is CC(=O)c1ccc(Nc2cc(Nc3ccc(Cl)cc3)ncn2)cc1. The molecule has 0 amide bonds. The zero-order valence-corrected chi connectivity index (χ0v) is 13.7. The maximum atomic E-state index is 11.3. The van der Waals surface area contributed by atoms with Gasteiger partial charge in [-0.3, -0.25) is 4.79 Å². The molecule has 3 rings (SSSR count). The van der Waals surface area contributed by atoms with Gasteiger partial charge in [-0.05, 0) is 55.5 Å². The lowest BCUT2D eigenvalue weighted by Gasteiger charge is -2.09. The second kappa shape index (κ2) is 7.10. The Hall–Kier alpha value is -2.92. The largest absolute Gasteiger partial charge is 0.340 e. The standard InChI is InChI=1S/C18H15ClN4O/c1-12(24)13-2-6-15(7-3-13)22-17-10-18(21-11-20-17)23-16-8-4-14(19)5-9-16/h2-11H,1H3,(H2,20,21,22,23). The van der Waals surface area contributed by atoms with E-state index in [0.29, 0.717) is 22.2 Å². The highest BCUT2D eigenvalue weighted by atomic mass is 35.5. The number of aromatic nitrogens is 2. The van der Waals surface area contributed by atoms with Gasteiger partial charge in [0.2, 0.25) is 0 Å². The van der Waals surface area contributed by atoms with Gasteiger partial charge in [-0.25, -0.2) is 9.97 Å². The summed E-state index contributed by atoms with van der Waals surface area (Å²) in [5.41, 5.74) is 2.40. The van der Waals surface area contributed by atoms with Crippen LogP contribution >= 0.6 is 11.6 Å². The van der Waals surface area contributed by atoms with E-state index in [-0.39, 0.29) is 5.78 Å². The monoisotopic (exact) mass is 338 g/mol. The molecule has 0 radical (unpaired) electrons. The lowest BCUT2D eigenvalue weighted by Crippen LogP contribution is -1.99. The van der Waals surface area contributed by atoms with Crippen molar-refractivity contribution < 1.29 is 4.79 Å². The number of halogens is 1. The summed E-state index contributed by atoms with van der Waals surface area (Å²) in [6, 6.07) is 16.4. The van der Waals surface area contributed by atoms with Crippen LogP contribution < -0.4 is 10.6 Å². The number of hydrogen-bond acceptors (Lipinski definition) is 5. The van der Waals surface area contributed by atoms with Gasteiger partial charge in [0, 0.05) is 28.0 Å². The van der Waals surface area contributed by atoms with Crippen molar-refractivity contribution in [2.75, 3.05) is 10.6 Å². The van der Waals surface area contributed by atoms with Gasteiger partial charge in [0.1, 0.15) is 18.0 Å². The van der Waals surface area contributed by atoms with Crippen LogP contribution in [0.3, 0.4) is 0 Å². The van der Waals surface area contributed by atoms with E-state index in [0.717, 1.165) is 11.4 Å². The predicted molar refractivity (Wildman–Crippen MR) is 96.5 cm³/mol. The number of benzene rings is 2. The molecule has 0 aliphatic heterocycles. The normalized spacial score (nSPS) is 10.2. The zero-order valence-electron chi connectivity index (χ0n) is 13.0. The molecule has 1 aromatic heterocycles. The van der Waals surface area contributed by atoms with E-state index in [9.17, 15) is 4.79 Å². The second-order valence-corrected chi connectivity index (χ2v) is 5.62. The molecule has 0 saturated heterocycles. The topological polar surface area (TPSA) is 66.9 Å². The first-order chi connectivity index (χ1) is 11.6. The summed E-state index contributed by atoms with van der Waals surface area (Å²) in [7, 11) is 0. The van der Waals surface area contributed by atoms with E-state index in [1.807, 2.05) is 24.3 Å². The Bertz CT molecular complexity index is 848. The Morgan fingerprint density at radius 3 is 1.88 bits per heavy atom. The van der Waals surface area contributed by atoms with Crippen LogP contribution in [0.4, 0.5) is 23.0 Å². The minimum Gasteiger partial charge on any atom is -0.340 e. The number of Topliss-reactive ketones (excluding diaryl/α,β-unsaturated/α-hetero) is 1. The van der Waals surface area contributed by atoms with Crippen molar-refractivity contribution in [1.82, 2.24) is 9.97 Å². The number of carbonyl (C=O) groups is 1. The molecule has 0 unspecified atom stereocenters. The summed E-state index contributed by atoms with van der Waals surface area (Å²) in [5, 5.41) is 7.05. The molecule has 0 spiro atoms. The van der Waals surface area contributed by atoms with Gasteiger partial charge < -0.3 is 10.6 Å². The lowest BCUT2D eigenvalue weighted by atomic mass is 10.1. The number of nitrogens with zero attached hydrogens (tertiary/aromatic N) is 2. The highest BCUT2D eigenvalue weighted by Gasteiger charge is 2.02. The summed E-state index contributed by atoms with van der Waals surface area (Å²) >= 11 is 5.88. The van der Waals surface area contributed by atoms with E-state index < -0.39 is 0 Å². The van der Waals surface area contributed by atoms with Gasteiger partial charge in [0.15, 0.2) is 5.78 Å². The summed E-state index contributed by atoms with van der Waals surface area (Å²) in [5.74, 6) is 1.35. The van der Waals surface area contributed by atoms with Crippen LogP contribution in [0.1, 0.15) is 17.3 Å². The number of anilines is 4. The molecule has 0 fully saturated rings. The van der Waals surface area contributed by atoms with Gasteiger partial charge >= 0.3 is 0 Å². The Morgan fingerprint density at radius 1 is 0.875 bits per heavy atom. The molecule has 0 saturated carbocycles. The van der Waals surface area contributed by atoms with Gasteiger partial charge in [-0.15, -0.1) is 0 Å². The molecular weight excluding hydrogens is 324 g/mol. The molecule has 2 N–H and O–H groups in total. The molecule has 6 heteroatoms. The molecule has 0 bridgehead atoms. The number of carbonyl (C=O) groups excluding carboxylic acids is 1. The van der Waals surface area contributed by atoms with E-state index in [1.165, 1.54) is 6.33 Å². The van der Waals surface area contributed by atoms with Gasteiger partial charge in [0.05, 0.1) is 0 Å². The first-order valence-corrected chi connectivity index (χ1v) is 7.70. The van der Waals surface area contributed by atoms with Crippen LogP contribution in [-0.2, 0) is 0 Å². The maximum Gasteiger partial charge on any atom is 0.159 e. The lowest BCUT2D eigenvalue weighted by molar-refractivity contribution is 0.101. The fraction of sp³-hybridized carbons (Fsp3) is 0.0556. The fourth-order valence-electron chi connectivity index (χ4n) is 2.11. The Balaban J connectivity index is 1.72. The van der Waals surface area contributed by atoms with Crippen molar-refractivity contribution in [3.05, 3.63) is 71.5 Å². The van der Waals surface area contributed by atoms with Crippen molar-refractivity contribution in [2.24, 2.45) is 0 Å². The van der Waals surface area contributed by atoms with Gasteiger partial charge in [-0.2, -0.15) is 0 Å². The molecule has 0 aliphatic carbocycles. The van der Waals surface area contributed by atoms with Crippen molar-refractivity contribution >= 4 is 40.4 Å². The Kier molecular flexibility index (Phi) is 4.72. The van der Waals surface area contributed by atoms with Crippen LogP contribution in [-0.4, -0.2) is 15.8 Å². The first-order valence-electron chi connectivity index (χ1n) is 7.33. The maximum absolute atomic E-state index is 11.3. The van der Waals surface area contributed by atoms with Crippen molar-refractivity contribution in [1.29, 1.82) is 0 Å². The Morgan fingerprint density at radius 2 is 1.38 bits per heavy atom. The molecule has 120 valence electrons. The third kappa shape index (κ3) is 4.08. The number of ketones is 1. The predicted octanol–water partition coefficient (Wildman–Crippen LogP) is 4.82. The number of hydrogen-bond donors (Lipinski definition) is 2. The molecule has 0 atom stereocenters. The van der Waals surface area contributed by atoms with Crippen LogP contribution in [0.2, 0.25) is 5.02 Å². The highest BCUT2D eigenvalue weighted by molar-refractivity contribution is 6.30. The molecule has 3 aromatic rings. The second-order valence-electron chi connectivity index (χ2n) is 5.18. The molecule has 1 heterocycles. The highest BCUT2D eigenvalue weighted by Crippen LogP contribution is 2.21. The van der Waals surface area contributed by atoms with Crippen LogP contribution in [0, 0.1) is 0 Å². The zero-order chi connectivity index (χ0) is 16.9. The quantitative estimate of drug-likeness (QED) is 0.653. The first kappa shape index (κ1) is 16.0. The number of nitrogens with one attached hydrogen (secondary N) is 2. The minimum atomic E-state index is 0.0398. The van der Waals surface area contributed by atoms with Crippen molar-refractivity contribution in [3.8, 4) is 0 Å². The van der Waals surface area contributed by atoms with Crippen LogP contribution in [0.15, 0.2) is 60.9 Å². The van der Waals surface area contributed by atoms with E-state index >= 15 is 0 Å². The van der Waals surface area contributed by atoms with Gasteiger partial charge in [-0.1, -0.05) is 11.6 Å². The smallest absolute Gasteiger partial charge is 0.159 e. The van der Waals surface area contributed by atoms with Crippen LogP contribution in [0.5, 0.6) is 0 Å². The molecule has 24 heavy (non-hydrogen) atoms. The number of rotatable bonds is 5. The summed E-state index contributed by atoms with van der Waals surface area (Å²) in [6.45, 7) is 1.54. The van der Waals surface area contributed by atoms with Crippen LogP contribution in [0.25, 0.3) is 0 Å².